The van der Waals surface area contributed by atoms with Gasteiger partial charge >= 0.3 is 12.0 Å². The van der Waals surface area contributed by atoms with Crippen molar-refractivity contribution in [2.45, 2.75) is 25.5 Å². The number of hydrogen-bond acceptors (Lipinski definition) is 6. The molecule has 1 unspecified atom stereocenters. The van der Waals surface area contributed by atoms with E-state index < -0.39 is 23.9 Å². The molecule has 2 aliphatic rings. The Morgan fingerprint density at radius 1 is 1.03 bits per heavy atom. The number of amides is 2. The van der Waals surface area contributed by atoms with Gasteiger partial charge in [-0.1, -0.05) is 24.3 Å². The number of aromatic nitrogens is 2. The number of carbonyl (C=O) groups excluding carboxylic acids is 2. The van der Waals surface area contributed by atoms with Crippen LogP contribution >= 0.6 is 0 Å². The third-order valence-electron chi connectivity index (χ3n) is 6.51. The summed E-state index contributed by atoms with van der Waals surface area (Å²) in [6, 6.07) is 15.8. The Balaban J connectivity index is 1.32. The molecule has 3 heterocycles. The summed E-state index contributed by atoms with van der Waals surface area (Å²) in [5.74, 6) is 0.307. The molecule has 0 bridgehead atoms. The minimum atomic E-state index is -0.761. The van der Waals surface area contributed by atoms with E-state index in [2.05, 4.69) is 20.6 Å². The molecule has 1 aromatic heterocycles. The monoisotopic (exact) mass is 514 g/mol. The molecule has 3 aromatic carbocycles. The van der Waals surface area contributed by atoms with Crippen LogP contribution in [0.1, 0.15) is 29.2 Å². The highest BCUT2D eigenvalue weighted by Gasteiger charge is 2.34. The van der Waals surface area contributed by atoms with E-state index in [0.717, 1.165) is 16.6 Å². The lowest BCUT2D eigenvalue weighted by molar-refractivity contribution is -0.140. The number of hydrogen-bond donors (Lipinski definition) is 3. The highest BCUT2D eigenvalue weighted by Crippen LogP contribution is 2.34. The maximum atomic E-state index is 13.6. The lowest BCUT2D eigenvalue weighted by atomic mass is 9.92. The molecule has 6 rings (SSSR count). The summed E-state index contributed by atoms with van der Waals surface area (Å²) in [5.41, 5.74) is 4.42. The fourth-order valence-corrected chi connectivity index (χ4v) is 4.66. The maximum absolute atomic E-state index is 13.6. The average molecular weight is 515 g/mol. The van der Waals surface area contributed by atoms with E-state index in [0.29, 0.717) is 41.2 Å². The van der Waals surface area contributed by atoms with Gasteiger partial charge in [-0.2, -0.15) is 0 Å². The van der Waals surface area contributed by atoms with Crippen LogP contribution in [-0.2, 0) is 22.6 Å². The van der Waals surface area contributed by atoms with E-state index in [-0.39, 0.29) is 19.0 Å². The number of urea groups is 1. The van der Waals surface area contributed by atoms with Gasteiger partial charge < -0.3 is 29.8 Å². The molecule has 0 saturated carbocycles. The van der Waals surface area contributed by atoms with Crippen molar-refractivity contribution in [3.63, 3.8) is 0 Å². The van der Waals surface area contributed by atoms with Gasteiger partial charge in [0.1, 0.15) is 12.4 Å². The van der Waals surface area contributed by atoms with Gasteiger partial charge in [0.25, 0.3) is 0 Å². The first-order valence-electron chi connectivity index (χ1n) is 12.1. The van der Waals surface area contributed by atoms with E-state index in [1.165, 1.54) is 12.1 Å². The van der Waals surface area contributed by atoms with Crippen LogP contribution in [-0.4, -0.2) is 28.8 Å². The molecule has 0 saturated heterocycles. The van der Waals surface area contributed by atoms with Gasteiger partial charge in [0, 0.05) is 5.70 Å². The summed E-state index contributed by atoms with van der Waals surface area (Å²) < 4.78 is 30.1. The van der Waals surface area contributed by atoms with Crippen LogP contribution in [0.5, 0.6) is 11.5 Å². The molecule has 2 aliphatic heterocycles. The molecule has 4 aromatic rings. The predicted octanol–water partition coefficient (Wildman–Crippen LogP) is 4.41. The van der Waals surface area contributed by atoms with E-state index in [1.807, 2.05) is 36.4 Å². The van der Waals surface area contributed by atoms with Crippen molar-refractivity contribution in [2.24, 2.45) is 0 Å². The summed E-state index contributed by atoms with van der Waals surface area (Å²) in [6.45, 7) is 0.0606. The number of imidazole rings is 1. The Bertz CT molecular complexity index is 1580. The molecule has 0 fully saturated rings. The quantitative estimate of drug-likeness (QED) is 0.315. The van der Waals surface area contributed by atoms with Crippen molar-refractivity contribution in [2.75, 3.05) is 6.79 Å². The number of carbonyl (C=O) groups is 2. The number of aryl methyl sites for hydroxylation is 1. The standard InChI is InChI=1S/C28H23FN4O5/c29-19-3-1-2-17(10-19)13-36-27(34)25-21(7-4-16-5-9-23-24(11-16)38-15-37-23)32-28(35)33-26(25)18-6-8-20-22(12-18)31-14-30-20/h1-3,5-6,8-12,14,26H,4,7,13,15H2,(H,30,31)(H2,32,33,35). The summed E-state index contributed by atoms with van der Waals surface area (Å²) in [5, 5.41) is 5.65. The van der Waals surface area contributed by atoms with E-state index in [1.54, 1.807) is 18.5 Å². The van der Waals surface area contributed by atoms with Crippen LogP contribution in [0.25, 0.3) is 11.0 Å². The van der Waals surface area contributed by atoms with Gasteiger partial charge in [0.15, 0.2) is 11.5 Å². The normalized spacial score (nSPS) is 16.3. The predicted molar refractivity (Wildman–Crippen MR) is 135 cm³/mol. The molecule has 1 atom stereocenters. The fourth-order valence-electron chi connectivity index (χ4n) is 4.66. The van der Waals surface area contributed by atoms with Gasteiger partial charge in [-0.05, 0) is 65.9 Å². The second-order valence-electron chi connectivity index (χ2n) is 9.00. The third-order valence-corrected chi connectivity index (χ3v) is 6.51. The zero-order chi connectivity index (χ0) is 26.1. The average Bonchev–Trinajstić information content (AvgIpc) is 3.59. The number of halogens is 1. The number of aromatic amines is 1. The van der Waals surface area contributed by atoms with E-state index in [9.17, 15) is 14.0 Å². The van der Waals surface area contributed by atoms with Gasteiger partial charge in [-0.15, -0.1) is 0 Å². The molecule has 0 spiro atoms. The SMILES string of the molecule is O=C1NC(CCc2ccc3c(c2)OCO3)=C(C(=O)OCc2cccc(F)c2)C(c2ccc3nc[nH]c3c2)N1. The van der Waals surface area contributed by atoms with Crippen LogP contribution in [0.4, 0.5) is 9.18 Å². The first-order valence-corrected chi connectivity index (χ1v) is 12.1. The Morgan fingerprint density at radius 3 is 2.82 bits per heavy atom. The molecule has 0 aliphatic carbocycles. The molecule has 9 nitrogen and oxygen atoms in total. The summed E-state index contributed by atoms with van der Waals surface area (Å²) in [4.78, 5) is 33.5. The molecular weight excluding hydrogens is 491 g/mol. The first-order chi connectivity index (χ1) is 18.5. The Morgan fingerprint density at radius 2 is 1.92 bits per heavy atom. The fraction of sp³-hybridized carbons (Fsp3) is 0.179. The van der Waals surface area contributed by atoms with Crippen molar-refractivity contribution in [3.8, 4) is 11.5 Å². The number of nitrogens with one attached hydrogen (secondary N) is 3. The molecule has 2 amide bonds. The van der Waals surface area contributed by atoms with Crippen molar-refractivity contribution in [1.82, 2.24) is 20.6 Å². The topological polar surface area (TPSA) is 115 Å². The largest absolute Gasteiger partial charge is 0.457 e. The number of esters is 1. The van der Waals surface area contributed by atoms with Crippen LogP contribution < -0.4 is 20.1 Å². The van der Waals surface area contributed by atoms with Crippen LogP contribution in [0.15, 0.2) is 78.3 Å². The number of fused-ring (bicyclic) bond motifs is 2. The molecule has 10 heteroatoms. The molecular formula is C28H23FN4O5. The number of H-pyrrole nitrogens is 1. The van der Waals surface area contributed by atoms with Crippen molar-refractivity contribution < 1.29 is 28.2 Å². The number of ether oxygens (including phenoxy) is 3. The van der Waals surface area contributed by atoms with Gasteiger partial charge in [-0.25, -0.2) is 19.0 Å². The molecule has 38 heavy (non-hydrogen) atoms. The van der Waals surface area contributed by atoms with Crippen molar-refractivity contribution in [3.05, 3.63) is 101 Å². The third kappa shape index (κ3) is 4.75. The van der Waals surface area contributed by atoms with Gasteiger partial charge in [0.2, 0.25) is 6.79 Å². The lowest BCUT2D eigenvalue weighted by Crippen LogP contribution is -2.46. The Hall–Kier alpha value is -4.86. The molecule has 0 radical (unpaired) electrons. The number of allylic oxidation sites excluding steroid dienone is 1. The second-order valence-corrected chi connectivity index (χ2v) is 9.00. The van der Waals surface area contributed by atoms with Gasteiger partial charge in [-0.3, -0.25) is 0 Å². The number of rotatable bonds is 7. The van der Waals surface area contributed by atoms with Crippen LogP contribution in [0.2, 0.25) is 0 Å². The summed E-state index contributed by atoms with van der Waals surface area (Å²) in [7, 11) is 0. The zero-order valence-corrected chi connectivity index (χ0v) is 20.1. The molecule has 3 N–H and O–H groups in total. The Labute approximate surface area is 216 Å². The second kappa shape index (κ2) is 9.89. The number of nitrogens with zero attached hydrogens (tertiary/aromatic N) is 1. The van der Waals surface area contributed by atoms with Crippen LogP contribution in [0.3, 0.4) is 0 Å². The maximum Gasteiger partial charge on any atom is 0.338 e. The van der Waals surface area contributed by atoms with Crippen molar-refractivity contribution >= 4 is 23.0 Å². The van der Waals surface area contributed by atoms with Crippen LogP contribution in [0, 0.1) is 5.82 Å². The Kier molecular flexibility index (Phi) is 6.12. The smallest absolute Gasteiger partial charge is 0.338 e. The molecule has 192 valence electrons. The number of benzene rings is 3. The minimum absolute atomic E-state index is 0.115. The summed E-state index contributed by atoms with van der Waals surface area (Å²) >= 11 is 0. The summed E-state index contributed by atoms with van der Waals surface area (Å²) in [6.07, 6.45) is 2.47. The van der Waals surface area contributed by atoms with Crippen molar-refractivity contribution in [1.29, 1.82) is 0 Å². The van der Waals surface area contributed by atoms with E-state index in [4.69, 9.17) is 14.2 Å². The highest BCUT2D eigenvalue weighted by atomic mass is 19.1. The van der Waals surface area contributed by atoms with E-state index >= 15 is 0 Å². The van der Waals surface area contributed by atoms with Gasteiger partial charge in [0.05, 0.1) is 29.0 Å². The zero-order valence-electron chi connectivity index (χ0n) is 20.1. The minimum Gasteiger partial charge on any atom is -0.457 e. The highest BCUT2D eigenvalue weighted by molar-refractivity contribution is 5.95. The first kappa shape index (κ1) is 23.5. The lowest BCUT2D eigenvalue weighted by Gasteiger charge is -2.29.